The minimum Gasteiger partial charge on any atom is -0.355 e. The zero-order valence-corrected chi connectivity index (χ0v) is 13.4. The summed E-state index contributed by atoms with van der Waals surface area (Å²) in [7, 11) is 1.76. The second-order valence-electron chi connectivity index (χ2n) is 3.46. The summed E-state index contributed by atoms with van der Waals surface area (Å²) in [4.78, 5) is 4.11. The minimum atomic E-state index is 0. The van der Waals surface area contributed by atoms with Gasteiger partial charge in [0.2, 0.25) is 0 Å². The summed E-state index contributed by atoms with van der Waals surface area (Å²) >= 11 is 7.69. The van der Waals surface area contributed by atoms with Gasteiger partial charge in [-0.3, -0.25) is 4.99 Å². The molecule has 0 aromatic heterocycles. The molecular formula is C10H19ClIN3S. The fraction of sp³-hybridized carbons (Fsp3) is 0.700. The average molecular weight is 376 g/mol. The molecule has 16 heavy (non-hydrogen) atoms. The molecule has 1 aliphatic rings. The second kappa shape index (κ2) is 9.41. The summed E-state index contributed by atoms with van der Waals surface area (Å²) in [5, 5.41) is 7.69. The first-order valence-corrected chi connectivity index (χ1v) is 6.54. The number of aliphatic imine (C=N–C) groups is 1. The molecule has 0 aromatic carbocycles. The molecule has 0 saturated carbocycles. The second-order valence-corrected chi connectivity index (χ2v) is 5.40. The zero-order valence-electron chi connectivity index (χ0n) is 9.46. The Morgan fingerprint density at radius 3 is 2.81 bits per heavy atom. The van der Waals surface area contributed by atoms with Gasteiger partial charge >= 0.3 is 0 Å². The molecule has 0 aliphatic carbocycles. The number of guanidine groups is 1. The molecule has 0 spiro atoms. The first-order valence-electron chi connectivity index (χ1n) is 5.11. The van der Waals surface area contributed by atoms with Crippen molar-refractivity contribution in [2.75, 3.05) is 25.9 Å². The van der Waals surface area contributed by atoms with Crippen molar-refractivity contribution in [3.8, 4) is 0 Å². The van der Waals surface area contributed by atoms with Crippen molar-refractivity contribution in [2.24, 2.45) is 4.99 Å². The summed E-state index contributed by atoms with van der Waals surface area (Å²) in [6, 6.07) is 0. The Morgan fingerprint density at radius 1 is 1.56 bits per heavy atom. The van der Waals surface area contributed by atoms with Gasteiger partial charge in [0.05, 0.1) is 6.54 Å². The first kappa shape index (κ1) is 16.4. The molecule has 0 bridgehead atoms. The van der Waals surface area contributed by atoms with E-state index in [9.17, 15) is 0 Å². The van der Waals surface area contributed by atoms with Crippen LogP contribution in [0.15, 0.2) is 16.6 Å². The van der Waals surface area contributed by atoms with E-state index in [1.54, 1.807) is 7.05 Å². The molecule has 6 heteroatoms. The highest BCUT2D eigenvalue weighted by molar-refractivity contribution is 14.0. The van der Waals surface area contributed by atoms with Crippen molar-refractivity contribution in [3.63, 3.8) is 0 Å². The maximum Gasteiger partial charge on any atom is 0.191 e. The molecule has 0 radical (unpaired) electrons. The number of thioether (sulfide) groups is 1. The Kier molecular flexibility index (Phi) is 9.64. The molecule has 94 valence electrons. The van der Waals surface area contributed by atoms with Crippen LogP contribution in [-0.4, -0.2) is 37.1 Å². The van der Waals surface area contributed by atoms with Crippen LogP contribution in [-0.2, 0) is 0 Å². The number of halogens is 2. The molecule has 1 heterocycles. The van der Waals surface area contributed by atoms with Gasteiger partial charge in [-0.25, -0.2) is 0 Å². The first-order chi connectivity index (χ1) is 7.22. The number of nitrogens with one attached hydrogen (secondary N) is 2. The lowest BCUT2D eigenvalue weighted by Gasteiger charge is -2.14. The van der Waals surface area contributed by atoms with E-state index >= 15 is 0 Å². The summed E-state index contributed by atoms with van der Waals surface area (Å²) < 4.78 is 0. The van der Waals surface area contributed by atoms with Crippen LogP contribution in [0, 0.1) is 0 Å². The summed E-state index contributed by atoms with van der Waals surface area (Å²) in [5.41, 5.74) is 0. The highest BCUT2D eigenvalue weighted by atomic mass is 127. The molecule has 1 atom stereocenters. The number of rotatable bonds is 4. The molecule has 0 aromatic rings. The molecule has 1 rings (SSSR count). The Balaban J connectivity index is 0.00000225. The molecule has 3 nitrogen and oxygen atoms in total. The number of nitrogens with zero attached hydrogens (tertiary/aromatic N) is 1. The lowest BCUT2D eigenvalue weighted by Crippen LogP contribution is -2.40. The van der Waals surface area contributed by atoms with E-state index in [0.29, 0.717) is 11.6 Å². The predicted octanol–water partition coefficient (Wildman–Crippen LogP) is 2.42. The molecule has 1 saturated heterocycles. The summed E-state index contributed by atoms with van der Waals surface area (Å²) in [6.07, 6.45) is 2.64. The van der Waals surface area contributed by atoms with Crippen LogP contribution in [0.25, 0.3) is 0 Å². The van der Waals surface area contributed by atoms with Crippen LogP contribution in [0.2, 0.25) is 0 Å². The fourth-order valence-electron chi connectivity index (χ4n) is 1.42. The largest absolute Gasteiger partial charge is 0.355 e. The summed E-state index contributed by atoms with van der Waals surface area (Å²) in [5.74, 6) is 2.08. The van der Waals surface area contributed by atoms with Crippen molar-refractivity contribution in [1.29, 1.82) is 0 Å². The molecule has 1 fully saturated rings. The fourth-order valence-corrected chi connectivity index (χ4v) is 2.68. The minimum absolute atomic E-state index is 0. The highest BCUT2D eigenvalue weighted by Gasteiger charge is 2.15. The normalized spacial score (nSPS) is 20.1. The zero-order chi connectivity index (χ0) is 11.1. The van der Waals surface area contributed by atoms with Crippen molar-refractivity contribution < 1.29 is 0 Å². The van der Waals surface area contributed by atoms with Crippen LogP contribution in [0.5, 0.6) is 0 Å². The molecule has 1 unspecified atom stereocenters. The highest BCUT2D eigenvalue weighted by Crippen LogP contribution is 2.25. The third kappa shape index (κ3) is 6.85. The Bertz CT molecular complexity index is 242. The lowest BCUT2D eigenvalue weighted by atomic mass is 10.2. The topological polar surface area (TPSA) is 36.4 Å². The average Bonchev–Trinajstić information content (AvgIpc) is 2.70. The molecular weight excluding hydrogens is 357 g/mol. The molecule has 1 aliphatic heterocycles. The van der Waals surface area contributed by atoms with Crippen molar-refractivity contribution >= 4 is 53.3 Å². The maximum atomic E-state index is 5.66. The number of hydrogen-bond donors (Lipinski definition) is 2. The molecule has 2 N–H and O–H groups in total. The quantitative estimate of drug-likeness (QED) is 0.450. The number of hydrogen-bond acceptors (Lipinski definition) is 2. The Morgan fingerprint density at radius 2 is 2.31 bits per heavy atom. The van der Waals surface area contributed by atoms with Gasteiger partial charge in [0.1, 0.15) is 0 Å². The van der Waals surface area contributed by atoms with E-state index in [1.807, 2.05) is 11.8 Å². The van der Waals surface area contributed by atoms with Crippen molar-refractivity contribution in [2.45, 2.75) is 18.1 Å². The van der Waals surface area contributed by atoms with Gasteiger partial charge in [-0.1, -0.05) is 18.2 Å². The lowest BCUT2D eigenvalue weighted by molar-refractivity contribution is 0.733. The van der Waals surface area contributed by atoms with Gasteiger partial charge in [0, 0.05) is 23.9 Å². The van der Waals surface area contributed by atoms with Crippen LogP contribution in [0.3, 0.4) is 0 Å². The maximum absolute atomic E-state index is 5.66. The van der Waals surface area contributed by atoms with Crippen molar-refractivity contribution in [3.05, 3.63) is 11.6 Å². The van der Waals surface area contributed by atoms with Gasteiger partial charge in [-0.15, -0.1) is 24.0 Å². The third-order valence-corrected chi connectivity index (χ3v) is 3.72. The standard InChI is InChI=1S/C10H18ClN3S.HI/c1-8(11)6-13-10(12-2)14-7-9-4-3-5-15-9;/h9H,1,3-7H2,2H3,(H2,12,13,14);1H. The van der Waals surface area contributed by atoms with E-state index < -0.39 is 0 Å². The van der Waals surface area contributed by atoms with Gasteiger partial charge in [0.15, 0.2) is 5.96 Å². The third-order valence-electron chi connectivity index (χ3n) is 2.19. The van der Waals surface area contributed by atoms with Crippen LogP contribution >= 0.6 is 47.3 Å². The van der Waals surface area contributed by atoms with Crippen LogP contribution in [0.4, 0.5) is 0 Å². The van der Waals surface area contributed by atoms with Crippen molar-refractivity contribution in [1.82, 2.24) is 10.6 Å². The SMILES string of the molecule is C=C(Cl)CNC(=NC)NCC1CCCS1.I. The Hall–Kier alpha value is 0.380. The van der Waals surface area contributed by atoms with Gasteiger partial charge in [-0.05, 0) is 18.6 Å². The summed E-state index contributed by atoms with van der Waals surface area (Å²) in [6.45, 7) is 5.14. The predicted molar refractivity (Wildman–Crippen MR) is 85.3 cm³/mol. The van der Waals surface area contributed by atoms with E-state index in [0.717, 1.165) is 17.8 Å². The van der Waals surface area contributed by atoms with E-state index in [-0.39, 0.29) is 24.0 Å². The Labute approximate surface area is 124 Å². The van der Waals surface area contributed by atoms with Crippen LogP contribution < -0.4 is 10.6 Å². The van der Waals surface area contributed by atoms with Crippen LogP contribution in [0.1, 0.15) is 12.8 Å². The van der Waals surface area contributed by atoms with Gasteiger partial charge in [0.25, 0.3) is 0 Å². The van der Waals surface area contributed by atoms with E-state index in [1.165, 1.54) is 18.6 Å². The molecule has 0 amide bonds. The smallest absolute Gasteiger partial charge is 0.191 e. The van der Waals surface area contributed by atoms with E-state index in [4.69, 9.17) is 11.6 Å². The van der Waals surface area contributed by atoms with E-state index in [2.05, 4.69) is 22.2 Å². The van der Waals surface area contributed by atoms with Gasteiger partial charge < -0.3 is 10.6 Å². The van der Waals surface area contributed by atoms with Gasteiger partial charge in [-0.2, -0.15) is 11.8 Å². The monoisotopic (exact) mass is 375 g/mol.